The third-order valence-corrected chi connectivity index (χ3v) is 6.45. The summed E-state index contributed by atoms with van der Waals surface area (Å²) in [6.07, 6.45) is 7.39. The van der Waals surface area contributed by atoms with Crippen LogP contribution < -0.4 is 10.1 Å². The third kappa shape index (κ3) is 3.14. The summed E-state index contributed by atoms with van der Waals surface area (Å²) in [6.45, 7) is 2.21. The fraction of sp³-hybridized carbons (Fsp3) is 0.700. The molecule has 3 saturated carbocycles. The van der Waals surface area contributed by atoms with E-state index in [0.29, 0.717) is 13.2 Å². The Bertz CT molecular complexity index is 532. The molecule has 1 N–H and O–H groups in total. The number of benzene rings is 1. The van der Waals surface area contributed by atoms with Gasteiger partial charge in [-0.3, -0.25) is 0 Å². The van der Waals surface area contributed by atoms with Gasteiger partial charge in [-0.25, -0.2) is 0 Å². The van der Waals surface area contributed by atoms with Crippen LogP contribution in [0.15, 0.2) is 24.3 Å². The average Bonchev–Trinajstić information content (AvgIpc) is 3.26. The molecule has 0 spiro atoms. The van der Waals surface area contributed by atoms with Crippen LogP contribution in [0.2, 0.25) is 0 Å². The molecule has 3 aliphatic rings. The molecule has 0 heterocycles. The van der Waals surface area contributed by atoms with Gasteiger partial charge >= 0.3 is 0 Å². The van der Waals surface area contributed by atoms with E-state index in [4.69, 9.17) is 9.47 Å². The van der Waals surface area contributed by atoms with Crippen molar-refractivity contribution in [1.29, 1.82) is 0 Å². The number of hydrogen-bond donors (Lipinski definition) is 1. The highest BCUT2D eigenvalue weighted by Crippen LogP contribution is 2.58. The molecule has 3 heteroatoms. The molecule has 4 rings (SSSR count). The van der Waals surface area contributed by atoms with Crippen molar-refractivity contribution in [2.75, 3.05) is 20.3 Å². The van der Waals surface area contributed by atoms with Crippen LogP contribution in [-0.2, 0) is 11.3 Å². The van der Waals surface area contributed by atoms with Crippen molar-refractivity contribution < 1.29 is 9.47 Å². The molecule has 2 bridgehead atoms. The molecule has 0 aromatic heterocycles. The van der Waals surface area contributed by atoms with Crippen LogP contribution in [0.3, 0.4) is 0 Å². The van der Waals surface area contributed by atoms with Gasteiger partial charge in [-0.15, -0.1) is 0 Å². The Labute approximate surface area is 139 Å². The standard InChI is InChI=1S/C20H29NO2/c1-22-8-9-23-16-5-2-4-14(10-16)13-21-20-12-15-11-19(20)18-7-3-6-17(15)18/h2,4-5,10,15,17-21H,3,6-9,11-13H2,1H3/t15-,17+,18+,19-,20+/m0/s1. The Morgan fingerprint density at radius 1 is 1.09 bits per heavy atom. The van der Waals surface area contributed by atoms with Gasteiger partial charge in [-0.05, 0) is 67.1 Å². The molecule has 5 atom stereocenters. The zero-order valence-corrected chi connectivity index (χ0v) is 14.2. The number of fused-ring (bicyclic) bond motifs is 5. The first-order valence-corrected chi connectivity index (χ1v) is 9.29. The minimum Gasteiger partial charge on any atom is -0.491 e. The predicted molar refractivity (Wildman–Crippen MR) is 91.5 cm³/mol. The van der Waals surface area contributed by atoms with Crippen LogP contribution in [0.5, 0.6) is 5.75 Å². The number of rotatable bonds is 7. The van der Waals surface area contributed by atoms with Gasteiger partial charge < -0.3 is 14.8 Å². The van der Waals surface area contributed by atoms with Gasteiger partial charge in [-0.1, -0.05) is 18.6 Å². The average molecular weight is 315 g/mol. The minimum atomic E-state index is 0.614. The lowest BCUT2D eigenvalue weighted by Gasteiger charge is -2.32. The van der Waals surface area contributed by atoms with Crippen molar-refractivity contribution >= 4 is 0 Å². The Morgan fingerprint density at radius 2 is 2.00 bits per heavy atom. The summed E-state index contributed by atoms with van der Waals surface area (Å²) in [6, 6.07) is 9.22. The molecule has 0 saturated heterocycles. The largest absolute Gasteiger partial charge is 0.491 e. The van der Waals surface area contributed by atoms with Crippen LogP contribution in [-0.4, -0.2) is 26.4 Å². The second kappa shape index (κ2) is 6.82. The first-order chi connectivity index (χ1) is 11.3. The highest BCUT2D eigenvalue weighted by atomic mass is 16.5. The van der Waals surface area contributed by atoms with Gasteiger partial charge in [0.1, 0.15) is 12.4 Å². The maximum Gasteiger partial charge on any atom is 0.119 e. The number of ether oxygens (including phenoxy) is 2. The molecule has 3 aliphatic carbocycles. The van der Waals surface area contributed by atoms with E-state index in [-0.39, 0.29) is 0 Å². The number of methoxy groups -OCH3 is 1. The Hall–Kier alpha value is -1.06. The molecule has 0 unspecified atom stereocenters. The van der Waals surface area contributed by atoms with Gasteiger partial charge in [0.15, 0.2) is 0 Å². The molecule has 126 valence electrons. The molecule has 0 aliphatic heterocycles. The summed E-state index contributed by atoms with van der Waals surface area (Å²) in [7, 11) is 1.70. The summed E-state index contributed by atoms with van der Waals surface area (Å²) >= 11 is 0. The normalized spacial score (nSPS) is 34.7. The molecular formula is C20H29NO2. The fourth-order valence-corrected chi connectivity index (χ4v) is 5.54. The molecule has 1 aromatic rings. The molecule has 1 aromatic carbocycles. The second-order valence-electron chi connectivity index (χ2n) is 7.63. The van der Waals surface area contributed by atoms with Crippen molar-refractivity contribution in [2.45, 2.75) is 44.7 Å². The smallest absolute Gasteiger partial charge is 0.119 e. The summed E-state index contributed by atoms with van der Waals surface area (Å²) in [5.41, 5.74) is 1.32. The minimum absolute atomic E-state index is 0.614. The van der Waals surface area contributed by atoms with Crippen LogP contribution in [0.25, 0.3) is 0 Å². The third-order valence-electron chi connectivity index (χ3n) is 6.45. The lowest BCUT2D eigenvalue weighted by atomic mass is 9.79. The van der Waals surface area contributed by atoms with Crippen LogP contribution >= 0.6 is 0 Å². The van der Waals surface area contributed by atoms with Crippen LogP contribution in [0.4, 0.5) is 0 Å². The van der Waals surface area contributed by atoms with Crippen LogP contribution in [0.1, 0.15) is 37.7 Å². The quantitative estimate of drug-likeness (QED) is 0.780. The molecule has 0 radical (unpaired) electrons. The van der Waals surface area contributed by atoms with E-state index < -0.39 is 0 Å². The Morgan fingerprint density at radius 3 is 2.91 bits per heavy atom. The predicted octanol–water partition coefficient (Wildman–Crippen LogP) is 3.63. The van der Waals surface area contributed by atoms with Gasteiger partial charge in [0.25, 0.3) is 0 Å². The Balaban J connectivity index is 1.31. The van der Waals surface area contributed by atoms with Gasteiger partial charge in [0.05, 0.1) is 6.61 Å². The van der Waals surface area contributed by atoms with Crippen molar-refractivity contribution in [1.82, 2.24) is 5.32 Å². The molecule has 0 amide bonds. The van der Waals surface area contributed by atoms with Crippen LogP contribution in [0, 0.1) is 23.7 Å². The molecule has 23 heavy (non-hydrogen) atoms. The van der Waals surface area contributed by atoms with Gasteiger partial charge in [0.2, 0.25) is 0 Å². The molecular weight excluding hydrogens is 286 g/mol. The van der Waals surface area contributed by atoms with E-state index in [1.807, 2.05) is 6.07 Å². The lowest BCUT2D eigenvalue weighted by Crippen LogP contribution is -2.38. The summed E-state index contributed by atoms with van der Waals surface area (Å²) in [5, 5.41) is 3.86. The van der Waals surface area contributed by atoms with E-state index in [1.165, 1.54) is 37.7 Å². The maximum absolute atomic E-state index is 5.71. The first kappa shape index (κ1) is 15.5. The van der Waals surface area contributed by atoms with E-state index in [2.05, 4.69) is 23.5 Å². The number of nitrogens with one attached hydrogen (secondary N) is 1. The molecule has 3 fully saturated rings. The van der Waals surface area contributed by atoms with E-state index in [0.717, 1.165) is 42.0 Å². The van der Waals surface area contributed by atoms with Crippen molar-refractivity contribution in [2.24, 2.45) is 23.7 Å². The summed E-state index contributed by atoms with van der Waals surface area (Å²) < 4.78 is 10.7. The summed E-state index contributed by atoms with van der Waals surface area (Å²) in [4.78, 5) is 0. The Kier molecular flexibility index (Phi) is 4.59. The highest BCUT2D eigenvalue weighted by Gasteiger charge is 2.53. The topological polar surface area (TPSA) is 30.5 Å². The van der Waals surface area contributed by atoms with E-state index in [9.17, 15) is 0 Å². The SMILES string of the molecule is COCCOc1cccc(CN[C@@H]2C[C@@H]3C[C@H]2[C@@H]2CCC[C@H]32)c1. The van der Waals surface area contributed by atoms with E-state index in [1.54, 1.807) is 7.11 Å². The monoisotopic (exact) mass is 315 g/mol. The number of hydrogen-bond acceptors (Lipinski definition) is 3. The van der Waals surface area contributed by atoms with E-state index >= 15 is 0 Å². The highest BCUT2D eigenvalue weighted by molar-refractivity contribution is 5.28. The summed E-state index contributed by atoms with van der Waals surface area (Å²) in [5.74, 6) is 5.04. The first-order valence-electron chi connectivity index (χ1n) is 9.29. The molecule has 3 nitrogen and oxygen atoms in total. The fourth-order valence-electron chi connectivity index (χ4n) is 5.54. The zero-order chi connectivity index (χ0) is 15.6. The second-order valence-corrected chi connectivity index (χ2v) is 7.63. The zero-order valence-electron chi connectivity index (χ0n) is 14.2. The van der Waals surface area contributed by atoms with Crippen molar-refractivity contribution in [3.05, 3.63) is 29.8 Å². The van der Waals surface area contributed by atoms with Crippen molar-refractivity contribution in [3.63, 3.8) is 0 Å². The maximum atomic E-state index is 5.71. The van der Waals surface area contributed by atoms with Gasteiger partial charge in [0, 0.05) is 19.7 Å². The van der Waals surface area contributed by atoms with Gasteiger partial charge in [-0.2, -0.15) is 0 Å². The lowest BCUT2D eigenvalue weighted by molar-refractivity contribution is 0.146. The van der Waals surface area contributed by atoms with Crippen molar-refractivity contribution in [3.8, 4) is 5.75 Å².